The van der Waals surface area contributed by atoms with Gasteiger partial charge in [0, 0.05) is 17.9 Å². The number of benzene rings is 4. The smallest absolute Gasteiger partial charge is 0.157 e. The zero-order valence-electron chi connectivity index (χ0n) is 18.3. The van der Waals surface area contributed by atoms with Gasteiger partial charge in [-0.25, -0.2) is 4.39 Å². The van der Waals surface area contributed by atoms with Crippen LogP contribution in [0.4, 0.5) is 4.39 Å². The van der Waals surface area contributed by atoms with Crippen LogP contribution >= 0.6 is 0 Å². The van der Waals surface area contributed by atoms with Gasteiger partial charge in [-0.05, 0) is 58.2 Å². The molecule has 3 heteroatoms. The summed E-state index contributed by atoms with van der Waals surface area (Å²) in [7, 11) is 1.67. The molecule has 0 radical (unpaired) electrons. The maximum Gasteiger partial charge on any atom is 0.157 e. The summed E-state index contributed by atoms with van der Waals surface area (Å²) in [4.78, 5) is 0. The maximum atomic E-state index is 14.3. The Balaban J connectivity index is 1.65. The fourth-order valence-corrected chi connectivity index (χ4v) is 5.34. The Morgan fingerprint density at radius 3 is 2.09 bits per heavy atom. The fraction of sp³-hybridized carbons (Fsp3) is 0.133. The van der Waals surface area contributed by atoms with Gasteiger partial charge in [-0.1, -0.05) is 72.8 Å². The molecule has 1 aliphatic carbocycles. The molecule has 2 nitrogen and oxygen atoms in total. The van der Waals surface area contributed by atoms with Crippen LogP contribution in [0.1, 0.15) is 34.6 Å². The molecule has 0 spiro atoms. The van der Waals surface area contributed by atoms with Gasteiger partial charge in [0.2, 0.25) is 0 Å². The second-order valence-electron chi connectivity index (χ2n) is 8.62. The zero-order chi connectivity index (χ0) is 22.4. The summed E-state index contributed by atoms with van der Waals surface area (Å²) in [5.41, 5.74) is 5.98. The largest absolute Gasteiger partial charge is 0.497 e. The van der Waals surface area contributed by atoms with Crippen LogP contribution < -0.4 is 9.47 Å². The van der Waals surface area contributed by atoms with Gasteiger partial charge in [0.1, 0.15) is 17.3 Å². The molecule has 1 fully saturated rings. The molecule has 0 N–H and O–H groups in total. The summed E-state index contributed by atoms with van der Waals surface area (Å²) in [5.74, 6) is 1.41. The van der Waals surface area contributed by atoms with E-state index >= 15 is 0 Å². The molecule has 2 bridgehead atoms. The molecular weight excluding hydrogens is 411 g/mol. The molecule has 2 heterocycles. The summed E-state index contributed by atoms with van der Waals surface area (Å²) in [6.07, 6.45) is 0.772. The van der Waals surface area contributed by atoms with E-state index in [1.165, 1.54) is 11.6 Å². The summed E-state index contributed by atoms with van der Waals surface area (Å²) >= 11 is 0. The number of hydrogen-bond acceptors (Lipinski definition) is 2. The van der Waals surface area contributed by atoms with Crippen molar-refractivity contribution in [3.05, 3.63) is 137 Å². The van der Waals surface area contributed by atoms with Crippen LogP contribution in [0.25, 0.3) is 5.57 Å². The highest BCUT2D eigenvalue weighted by molar-refractivity contribution is 5.87. The second kappa shape index (κ2) is 7.63. The molecule has 1 saturated carbocycles. The molecular formula is C30H23FO2. The van der Waals surface area contributed by atoms with E-state index < -0.39 is 5.60 Å². The Morgan fingerprint density at radius 2 is 1.48 bits per heavy atom. The standard InChI is InChI=1S/C30H23FO2/c1-32-24-15-12-22(13-16-24)30-19-26(25-18-23(31)14-17-27(25)33-30)29(30)28(20-8-4-2-5-9-20)21-10-6-3-7-11-21/h2-18,26H,19H2,1H3. The third-order valence-electron chi connectivity index (χ3n) is 6.86. The van der Waals surface area contributed by atoms with Crippen molar-refractivity contribution >= 4 is 5.57 Å². The molecule has 0 saturated heterocycles. The summed E-state index contributed by atoms with van der Waals surface area (Å²) in [6, 6.07) is 33.8. The van der Waals surface area contributed by atoms with E-state index in [1.807, 2.05) is 24.3 Å². The first-order valence-corrected chi connectivity index (χ1v) is 11.2. The highest BCUT2D eigenvalue weighted by atomic mass is 19.1. The van der Waals surface area contributed by atoms with Crippen molar-refractivity contribution in [3.63, 3.8) is 0 Å². The van der Waals surface area contributed by atoms with Crippen molar-refractivity contribution in [3.8, 4) is 11.5 Å². The normalized spacial score (nSPS) is 20.3. The van der Waals surface area contributed by atoms with Gasteiger partial charge in [-0.3, -0.25) is 0 Å². The molecule has 4 aromatic rings. The highest BCUT2D eigenvalue weighted by Crippen LogP contribution is 2.65. The average Bonchev–Trinajstić information content (AvgIpc) is 2.87. The van der Waals surface area contributed by atoms with Gasteiger partial charge in [0.25, 0.3) is 0 Å². The number of methoxy groups -OCH3 is 1. The van der Waals surface area contributed by atoms with Crippen LogP contribution in [0.3, 0.4) is 0 Å². The molecule has 33 heavy (non-hydrogen) atoms. The first kappa shape index (κ1) is 19.8. The van der Waals surface area contributed by atoms with Crippen LogP contribution in [0.15, 0.2) is 109 Å². The maximum absolute atomic E-state index is 14.3. The monoisotopic (exact) mass is 434 g/mol. The van der Waals surface area contributed by atoms with Crippen molar-refractivity contribution in [2.24, 2.45) is 0 Å². The Labute approximate surface area is 192 Å². The van der Waals surface area contributed by atoms with Crippen molar-refractivity contribution in [1.82, 2.24) is 0 Å². The van der Waals surface area contributed by atoms with Gasteiger partial charge in [-0.15, -0.1) is 0 Å². The quantitative estimate of drug-likeness (QED) is 0.341. The third kappa shape index (κ3) is 3.07. The van der Waals surface area contributed by atoms with E-state index in [9.17, 15) is 4.39 Å². The summed E-state index contributed by atoms with van der Waals surface area (Å²) in [6.45, 7) is 0. The Kier molecular flexibility index (Phi) is 4.58. The summed E-state index contributed by atoms with van der Waals surface area (Å²) in [5, 5.41) is 0. The highest BCUT2D eigenvalue weighted by Gasteiger charge is 2.59. The molecule has 162 valence electrons. The summed E-state index contributed by atoms with van der Waals surface area (Å²) < 4.78 is 26.4. The lowest BCUT2D eigenvalue weighted by molar-refractivity contribution is 0.0142. The molecule has 7 rings (SSSR count). The molecule has 2 aliphatic heterocycles. The number of ether oxygens (including phenoxy) is 2. The van der Waals surface area contributed by atoms with Crippen LogP contribution in [-0.2, 0) is 5.60 Å². The van der Waals surface area contributed by atoms with Crippen LogP contribution in [0, 0.1) is 5.82 Å². The SMILES string of the molecule is COc1ccc(C23CC(C2=C(c2ccccc2)c2ccccc2)c2cc(F)ccc2O3)cc1. The van der Waals surface area contributed by atoms with Crippen molar-refractivity contribution in [2.75, 3.05) is 7.11 Å². The van der Waals surface area contributed by atoms with Gasteiger partial charge in [-0.2, -0.15) is 0 Å². The Morgan fingerprint density at radius 1 is 0.848 bits per heavy atom. The minimum Gasteiger partial charge on any atom is -0.497 e. The predicted octanol–water partition coefficient (Wildman–Crippen LogP) is 7.11. The average molecular weight is 435 g/mol. The molecule has 0 aromatic heterocycles. The van der Waals surface area contributed by atoms with Gasteiger partial charge < -0.3 is 9.47 Å². The van der Waals surface area contributed by atoms with Gasteiger partial charge in [0.05, 0.1) is 7.11 Å². The Bertz CT molecular complexity index is 1300. The van der Waals surface area contributed by atoms with Gasteiger partial charge >= 0.3 is 0 Å². The van der Waals surface area contributed by atoms with E-state index in [0.29, 0.717) is 0 Å². The van der Waals surface area contributed by atoms with Gasteiger partial charge in [0.15, 0.2) is 5.60 Å². The lowest BCUT2D eigenvalue weighted by Crippen LogP contribution is -2.52. The number of rotatable bonds is 4. The Hall–Kier alpha value is -3.85. The molecule has 2 unspecified atom stereocenters. The number of halogens is 1. The van der Waals surface area contributed by atoms with Crippen LogP contribution in [-0.4, -0.2) is 7.11 Å². The van der Waals surface area contributed by atoms with Crippen LogP contribution in [0.2, 0.25) is 0 Å². The first-order valence-electron chi connectivity index (χ1n) is 11.2. The van der Waals surface area contributed by atoms with E-state index in [0.717, 1.165) is 45.7 Å². The molecule has 0 amide bonds. The molecule has 4 aromatic carbocycles. The molecule has 3 aliphatic rings. The lowest BCUT2D eigenvalue weighted by atomic mass is 9.56. The first-order chi connectivity index (χ1) is 16.2. The minimum absolute atomic E-state index is 0.0852. The van der Waals surface area contributed by atoms with E-state index in [-0.39, 0.29) is 11.7 Å². The minimum atomic E-state index is -0.608. The lowest BCUT2D eigenvalue weighted by Gasteiger charge is -2.56. The van der Waals surface area contributed by atoms with Crippen molar-refractivity contribution in [1.29, 1.82) is 0 Å². The van der Waals surface area contributed by atoms with E-state index in [1.54, 1.807) is 19.2 Å². The zero-order valence-corrected chi connectivity index (χ0v) is 18.3. The third-order valence-corrected chi connectivity index (χ3v) is 6.86. The topological polar surface area (TPSA) is 18.5 Å². The number of hydrogen-bond donors (Lipinski definition) is 0. The van der Waals surface area contributed by atoms with E-state index in [4.69, 9.17) is 9.47 Å². The fourth-order valence-electron chi connectivity index (χ4n) is 5.34. The van der Waals surface area contributed by atoms with Crippen molar-refractivity contribution < 1.29 is 13.9 Å². The predicted molar refractivity (Wildman–Crippen MR) is 128 cm³/mol. The second-order valence-corrected chi connectivity index (χ2v) is 8.62. The van der Waals surface area contributed by atoms with Crippen LogP contribution in [0.5, 0.6) is 11.5 Å². The van der Waals surface area contributed by atoms with Crippen molar-refractivity contribution in [2.45, 2.75) is 17.9 Å². The molecule has 2 atom stereocenters. The van der Waals surface area contributed by atoms with E-state index in [2.05, 4.69) is 60.7 Å².